The van der Waals surface area contributed by atoms with Gasteiger partial charge in [0.2, 0.25) is 5.91 Å². The Kier molecular flexibility index (Phi) is 5.40. The van der Waals surface area contributed by atoms with Gasteiger partial charge in [-0.25, -0.2) is 0 Å². The largest absolute Gasteiger partial charge is 0.481 e. The Bertz CT molecular complexity index is 358. The molecular formula is C15H25NO4. The molecule has 0 aliphatic heterocycles. The van der Waals surface area contributed by atoms with Crippen LogP contribution in [0.2, 0.25) is 0 Å². The minimum Gasteiger partial charge on any atom is -0.481 e. The number of methoxy groups -OCH3 is 1. The average Bonchev–Trinajstić information content (AvgIpc) is 2.92. The number of carboxylic acid groups (broad SMARTS) is 1. The third-order valence-electron chi connectivity index (χ3n) is 4.82. The number of carbonyl (C=O) groups excluding carboxylic acids is 1. The maximum atomic E-state index is 12.2. The molecule has 0 aromatic heterocycles. The average molecular weight is 283 g/mol. The van der Waals surface area contributed by atoms with Gasteiger partial charge in [-0.2, -0.15) is 0 Å². The summed E-state index contributed by atoms with van der Waals surface area (Å²) < 4.78 is 5.42. The highest BCUT2D eigenvalue weighted by atomic mass is 16.5. The van der Waals surface area contributed by atoms with E-state index in [1.165, 1.54) is 0 Å². The molecule has 20 heavy (non-hydrogen) atoms. The van der Waals surface area contributed by atoms with Crippen molar-refractivity contribution in [2.75, 3.05) is 13.7 Å². The van der Waals surface area contributed by atoms with Gasteiger partial charge in [0.15, 0.2) is 0 Å². The van der Waals surface area contributed by atoms with Gasteiger partial charge in [-0.15, -0.1) is 0 Å². The number of amides is 1. The minimum absolute atomic E-state index is 0.0257. The van der Waals surface area contributed by atoms with Crippen molar-refractivity contribution in [3.8, 4) is 0 Å². The van der Waals surface area contributed by atoms with Crippen LogP contribution in [0.25, 0.3) is 0 Å². The Balaban J connectivity index is 1.78. The molecule has 0 spiro atoms. The van der Waals surface area contributed by atoms with E-state index in [1.807, 2.05) is 0 Å². The van der Waals surface area contributed by atoms with E-state index in [1.54, 1.807) is 7.11 Å². The molecule has 4 atom stereocenters. The van der Waals surface area contributed by atoms with Gasteiger partial charge >= 0.3 is 5.97 Å². The predicted octanol–water partition coefficient (Wildman–Crippen LogP) is 1.81. The van der Waals surface area contributed by atoms with Crippen molar-refractivity contribution in [2.45, 2.75) is 51.0 Å². The second-order valence-corrected chi connectivity index (χ2v) is 6.11. The van der Waals surface area contributed by atoms with Crippen LogP contribution in [0.1, 0.15) is 44.9 Å². The van der Waals surface area contributed by atoms with Gasteiger partial charge in [0, 0.05) is 25.5 Å². The molecule has 0 bridgehead atoms. The highest BCUT2D eigenvalue weighted by Crippen LogP contribution is 2.30. The molecule has 0 saturated heterocycles. The number of carbonyl (C=O) groups is 2. The van der Waals surface area contributed by atoms with Crippen LogP contribution in [-0.2, 0) is 14.3 Å². The van der Waals surface area contributed by atoms with E-state index in [2.05, 4.69) is 5.32 Å². The summed E-state index contributed by atoms with van der Waals surface area (Å²) >= 11 is 0. The summed E-state index contributed by atoms with van der Waals surface area (Å²) in [4.78, 5) is 23.2. The molecule has 0 aromatic carbocycles. The number of aliphatic carboxylic acids is 1. The quantitative estimate of drug-likeness (QED) is 0.807. The van der Waals surface area contributed by atoms with Crippen molar-refractivity contribution in [1.82, 2.24) is 5.32 Å². The van der Waals surface area contributed by atoms with Gasteiger partial charge in [0.1, 0.15) is 0 Å². The van der Waals surface area contributed by atoms with E-state index in [-0.39, 0.29) is 23.8 Å². The van der Waals surface area contributed by atoms with Crippen LogP contribution >= 0.6 is 0 Å². The van der Waals surface area contributed by atoms with E-state index < -0.39 is 5.97 Å². The maximum absolute atomic E-state index is 12.2. The molecule has 5 heteroatoms. The number of hydrogen-bond donors (Lipinski definition) is 2. The van der Waals surface area contributed by atoms with Crippen LogP contribution < -0.4 is 5.32 Å². The van der Waals surface area contributed by atoms with E-state index in [0.29, 0.717) is 25.3 Å². The predicted molar refractivity (Wildman–Crippen MR) is 74.2 cm³/mol. The Labute approximate surface area is 120 Å². The smallest absolute Gasteiger partial charge is 0.306 e. The Morgan fingerprint density at radius 3 is 2.55 bits per heavy atom. The SMILES string of the molecule is COC1CCCC1CNC(=O)C1CCCC(C(=O)O)C1. The molecule has 114 valence electrons. The van der Waals surface area contributed by atoms with Crippen molar-refractivity contribution >= 4 is 11.9 Å². The van der Waals surface area contributed by atoms with E-state index in [9.17, 15) is 9.59 Å². The van der Waals surface area contributed by atoms with Gasteiger partial charge in [-0.1, -0.05) is 12.8 Å². The Hall–Kier alpha value is -1.10. The number of hydrogen-bond acceptors (Lipinski definition) is 3. The highest BCUT2D eigenvalue weighted by Gasteiger charge is 2.32. The maximum Gasteiger partial charge on any atom is 0.306 e. The lowest BCUT2D eigenvalue weighted by atomic mass is 9.81. The molecule has 2 aliphatic carbocycles. The number of rotatable bonds is 5. The fourth-order valence-corrected chi connectivity index (χ4v) is 3.57. The second-order valence-electron chi connectivity index (χ2n) is 6.11. The summed E-state index contributed by atoms with van der Waals surface area (Å²) in [5.41, 5.74) is 0. The normalized spacial score (nSPS) is 33.9. The molecule has 2 saturated carbocycles. The van der Waals surface area contributed by atoms with Crippen molar-refractivity contribution in [2.24, 2.45) is 17.8 Å². The third-order valence-corrected chi connectivity index (χ3v) is 4.82. The summed E-state index contributed by atoms with van der Waals surface area (Å²) in [5, 5.41) is 12.1. The lowest BCUT2D eigenvalue weighted by Crippen LogP contribution is -2.39. The van der Waals surface area contributed by atoms with Gasteiger partial charge in [-0.3, -0.25) is 9.59 Å². The summed E-state index contributed by atoms with van der Waals surface area (Å²) in [6.07, 6.45) is 6.42. The fraction of sp³-hybridized carbons (Fsp3) is 0.867. The first-order valence-corrected chi connectivity index (χ1v) is 7.65. The van der Waals surface area contributed by atoms with Crippen LogP contribution in [0.5, 0.6) is 0 Å². The lowest BCUT2D eigenvalue weighted by Gasteiger charge is -2.26. The standard InChI is InChI=1S/C15H25NO4/c1-20-13-7-3-6-12(13)9-16-14(17)10-4-2-5-11(8-10)15(18)19/h10-13H,2-9H2,1H3,(H,16,17)(H,18,19). The number of ether oxygens (including phenoxy) is 1. The first-order valence-electron chi connectivity index (χ1n) is 7.65. The first kappa shape index (κ1) is 15.3. The molecule has 2 aliphatic rings. The van der Waals surface area contributed by atoms with E-state index >= 15 is 0 Å². The summed E-state index contributed by atoms with van der Waals surface area (Å²) in [5.74, 6) is -0.816. The topological polar surface area (TPSA) is 75.6 Å². The van der Waals surface area contributed by atoms with Crippen molar-refractivity contribution in [3.63, 3.8) is 0 Å². The zero-order valence-corrected chi connectivity index (χ0v) is 12.1. The number of nitrogens with one attached hydrogen (secondary N) is 1. The van der Waals surface area contributed by atoms with Crippen LogP contribution in [0, 0.1) is 17.8 Å². The summed E-state index contributed by atoms with van der Waals surface area (Å²) in [7, 11) is 1.73. The molecule has 2 N–H and O–H groups in total. The van der Waals surface area contributed by atoms with Crippen LogP contribution in [0.4, 0.5) is 0 Å². The van der Waals surface area contributed by atoms with Crippen LogP contribution in [-0.4, -0.2) is 36.7 Å². The molecule has 0 aromatic rings. The van der Waals surface area contributed by atoms with Crippen LogP contribution in [0.15, 0.2) is 0 Å². The summed E-state index contributed by atoms with van der Waals surface area (Å²) in [6.45, 7) is 0.658. The van der Waals surface area contributed by atoms with E-state index in [0.717, 1.165) is 32.1 Å². The lowest BCUT2D eigenvalue weighted by molar-refractivity contribution is -0.144. The third kappa shape index (κ3) is 3.72. The Morgan fingerprint density at radius 1 is 1.15 bits per heavy atom. The first-order chi connectivity index (χ1) is 9.61. The van der Waals surface area contributed by atoms with Crippen molar-refractivity contribution in [3.05, 3.63) is 0 Å². The molecule has 5 nitrogen and oxygen atoms in total. The Morgan fingerprint density at radius 2 is 1.85 bits per heavy atom. The van der Waals surface area contributed by atoms with E-state index in [4.69, 9.17) is 9.84 Å². The van der Waals surface area contributed by atoms with Crippen molar-refractivity contribution in [1.29, 1.82) is 0 Å². The molecule has 0 heterocycles. The molecule has 2 fully saturated rings. The van der Waals surface area contributed by atoms with Gasteiger partial charge in [-0.05, 0) is 32.1 Å². The minimum atomic E-state index is -0.766. The van der Waals surface area contributed by atoms with Gasteiger partial charge in [0.05, 0.1) is 12.0 Å². The van der Waals surface area contributed by atoms with Gasteiger partial charge < -0.3 is 15.2 Å². The fourth-order valence-electron chi connectivity index (χ4n) is 3.57. The summed E-state index contributed by atoms with van der Waals surface area (Å²) in [6, 6.07) is 0. The zero-order chi connectivity index (χ0) is 14.5. The molecular weight excluding hydrogens is 258 g/mol. The number of carboxylic acids is 1. The monoisotopic (exact) mass is 283 g/mol. The molecule has 2 rings (SSSR count). The molecule has 0 radical (unpaired) electrons. The van der Waals surface area contributed by atoms with Crippen molar-refractivity contribution < 1.29 is 19.4 Å². The zero-order valence-electron chi connectivity index (χ0n) is 12.1. The second kappa shape index (κ2) is 7.07. The van der Waals surface area contributed by atoms with Crippen LogP contribution in [0.3, 0.4) is 0 Å². The highest BCUT2D eigenvalue weighted by molar-refractivity contribution is 5.80. The molecule has 4 unspecified atom stereocenters. The molecule has 1 amide bonds. The van der Waals surface area contributed by atoms with Gasteiger partial charge in [0.25, 0.3) is 0 Å².